The number of ether oxygens (including phenoxy) is 1. The molecule has 4 rings (SSSR count). The number of carbonyl (C=O) groups is 1. The van der Waals surface area contributed by atoms with E-state index in [1.165, 1.54) is 25.3 Å². The third-order valence-electron chi connectivity index (χ3n) is 6.59. The lowest BCUT2D eigenvalue weighted by molar-refractivity contribution is -0.129. The summed E-state index contributed by atoms with van der Waals surface area (Å²) in [5.74, 6) is 2.16. The van der Waals surface area contributed by atoms with Crippen molar-refractivity contribution in [3.63, 3.8) is 0 Å². The van der Waals surface area contributed by atoms with Crippen molar-refractivity contribution >= 4 is 5.91 Å². The summed E-state index contributed by atoms with van der Waals surface area (Å²) in [5.41, 5.74) is 0.460. The van der Waals surface area contributed by atoms with E-state index in [0.717, 1.165) is 51.6 Å². The van der Waals surface area contributed by atoms with Gasteiger partial charge < -0.3 is 20.3 Å². The van der Waals surface area contributed by atoms with Crippen LogP contribution in [0.1, 0.15) is 31.2 Å². The van der Waals surface area contributed by atoms with E-state index in [1.54, 1.807) is 12.1 Å². The van der Waals surface area contributed by atoms with Crippen LogP contribution >= 0.6 is 0 Å². The highest BCUT2D eigenvalue weighted by Gasteiger charge is 2.37. The van der Waals surface area contributed by atoms with E-state index >= 15 is 0 Å². The van der Waals surface area contributed by atoms with Gasteiger partial charge in [-0.25, -0.2) is 4.39 Å². The van der Waals surface area contributed by atoms with Gasteiger partial charge in [-0.3, -0.25) is 4.79 Å². The third kappa shape index (κ3) is 4.84. The molecule has 0 bridgehead atoms. The number of halogens is 1. The Bertz CT molecular complexity index is 666. The van der Waals surface area contributed by atoms with Crippen LogP contribution in [0.15, 0.2) is 18.2 Å². The van der Waals surface area contributed by atoms with Gasteiger partial charge in [0.2, 0.25) is 5.91 Å². The first-order chi connectivity index (χ1) is 13.7. The Hall–Kier alpha value is -1.66. The quantitative estimate of drug-likeness (QED) is 0.702. The minimum atomic E-state index is -0.342. The summed E-state index contributed by atoms with van der Waals surface area (Å²) in [5, 5.41) is 6.75. The fourth-order valence-electron chi connectivity index (χ4n) is 4.83. The number of nitrogens with zero attached hydrogens (tertiary/aromatic N) is 1. The molecule has 1 aromatic rings. The number of likely N-dealkylation sites (tertiary alicyclic amines) is 1. The molecule has 3 fully saturated rings. The first kappa shape index (κ1) is 19.6. The van der Waals surface area contributed by atoms with Gasteiger partial charge in [-0.05, 0) is 68.2 Å². The van der Waals surface area contributed by atoms with Gasteiger partial charge in [-0.2, -0.15) is 0 Å². The highest BCUT2D eigenvalue weighted by molar-refractivity contribution is 5.79. The topological polar surface area (TPSA) is 53.6 Å². The van der Waals surface area contributed by atoms with Crippen LogP contribution in [-0.2, 0) is 11.2 Å². The number of carbonyl (C=O) groups excluding carboxylic acids is 1. The normalized spacial score (nSPS) is 25.1. The summed E-state index contributed by atoms with van der Waals surface area (Å²) >= 11 is 0. The molecule has 3 saturated heterocycles. The largest absolute Gasteiger partial charge is 0.493 e. The maximum absolute atomic E-state index is 14.5. The van der Waals surface area contributed by atoms with Crippen LogP contribution in [0.5, 0.6) is 5.75 Å². The molecular weight excluding hydrogens is 357 g/mol. The van der Waals surface area contributed by atoms with Gasteiger partial charge in [0.15, 0.2) is 0 Å². The average molecular weight is 390 g/mol. The summed E-state index contributed by atoms with van der Waals surface area (Å²) in [4.78, 5) is 14.5. The van der Waals surface area contributed by atoms with Gasteiger partial charge >= 0.3 is 0 Å². The maximum Gasteiger partial charge on any atom is 0.227 e. The van der Waals surface area contributed by atoms with E-state index < -0.39 is 0 Å². The van der Waals surface area contributed by atoms with Crippen molar-refractivity contribution in [1.82, 2.24) is 15.5 Å². The number of fused-ring (bicyclic) bond motifs is 1. The minimum absolute atomic E-state index is 0.0314. The molecule has 5 nitrogen and oxygen atoms in total. The highest BCUT2D eigenvalue weighted by Crippen LogP contribution is 2.27. The van der Waals surface area contributed by atoms with Gasteiger partial charge in [0, 0.05) is 32.2 Å². The van der Waals surface area contributed by atoms with Crippen molar-refractivity contribution in [1.29, 1.82) is 0 Å². The Balaban J connectivity index is 1.22. The predicted octanol–water partition coefficient (Wildman–Crippen LogP) is 2.20. The molecule has 2 N–H and O–H groups in total. The van der Waals surface area contributed by atoms with Crippen LogP contribution in [0.4, 0.5) is 4.39 Å². The number of hydrogen-bond acceptors (Lipinski definition) is 4. The van der Waals surface area contributed by atoms with Gasteiger partial charge in [0.25, 0.3) is 0 Å². The SMILES string of the molecule is O=C(Cc1ccc(OCCCC2CCNCC2)cc1F)N1CC2CNC[C@H]2C1. The minimum Gasteiger partial charge on any atom is -0.493 e. The molecule has 3 aliphatic rings. The number of hydrogen-bond donors (Lipinski definition) is 2. The number of amides is 1. The van der Waals surface area contributed by atoms with E-state index in [4.69, 9.17) is 4.74 Å². The molecule has 0 aliphatic carbocycles. The molecule has 1 aromatic carbocycles. The molecule has 3 aliphatic heterocycles. The smallest absolute Gasteiger partial charge is 0.227 e. The van der Waals surface area contributed by atoms with E-state index in [-0.39, 0.29) is 18.1 Å². The summed E-state index contributed by atoms with van der Waals surface area (Å²) in [6, 6.07) is 4.92. The van der Waals surface area contributed by atoms with Crippen molar-refractivity contribution in [3.8, 4) is 5.75 Å². The molecule has 1 unspecified atom stereocenters. The fourth-order valence-corrected chi connectivity index (χ4v) is 4.83. The van der Waals surface area contributed by atoms with Crippen molar-refractivity contribution in [2.75, 3.05) is 45.9 Å². The number of benzene rings is 1. The monoisotopic (exact) mass is 389 g/mol. The van der Waals surface area contributed by atoms with Crippen LogP contribution in [0.2, 0.25) is 0 Å². The highest BCUT2D eigenvalue weighted by atomic mass is 19.1. The average Bonchev–Trinajstić information content (AvgIpc) is 3.30. The molecule has 0 saturated carbocycles. The van der Waals surface area contributed by atoms with Crippen LogP contribution in [0.25, 0.3) is 0 Å². The van der Waals surface area contributed by atoms with Gasteiger partial charge in [-0.1, -0.05) is 6.07 Å². The zero-order valence-corrected chi connectivity index (χ0v) is 16.6. The zero-order chi connectivity index (χ0) is 19.3. The molecular formula is C22H32FN3O2. The molecule has 2 atom stereocenters. The molecule has 1 amide bonds. The van der Waals surface area contributed by atoms with Gasteiger partial charge in [0.1, 0.15) is 11.6 Å². The zero-order valence-electron chi connectivity index (χ0n) is 16.6. The first-order valence-electron chi connectivity index (χ1n) is 10.8. The number of nitrogens with one attached hydrogen (secondary N) is 2. The Morgan fingerprint density at radius 1 is 1.14 bits per heavy atom. The molecule has 0 radical (unpaired) electrons. The van der Waals surface area contributed by atoms with Crippen LogP contribution in [-0.4, -0.2) is 56.7 Å². The fraction of sp³-hybridized carbons (Fsp3) is 0.682. The van der Waals surface area contributed by atoms with E-state index in [9.17, 15) is 9.18 Å². The van der Waals surface area contributed by atoms with Gasteiger partial charge in [-0.15, -0.1) is 0 Å². The van der Waals surface area contributed by atoms with Crippen LogP contribution in [0.3, 0.4) is 0 Å². The van der Waals surface area contributed by atoms with Crippen molar-refractivity contribution in [3.05, 3.63) is 29.6 Å². The summed E-state index contributed by atoms with van der Waals surface area (Å²) < 4.78 is 20.2. The first-order valence-corrected chi connectivity index (χ1v) is 10.8. The molecule has 28 heavy (non-hydrogen) atoms. The number of piperidine rings is 1. The second kappa shape index (κ2) is 9.23. The van der Waals surface area contributed by atoms with E-state index in [2.05, 4.69) is 10.6 Å². The summed E-state index contributed by atoms with van der Waals surface area (Å²) in [6.45, 7) is 6.44. The molecule has 3 heterocycles. The van der Waals surface area contributed by atoms with Crippen LogP contribution in [0, 0.1) is 23.6 Å². The lowest BCUT2D eigenvalue weighted by Crippen LogP contribution is -2.33. The molecule has 6 heteroatoms. The Labute approximate surface area is 167 Å². The van der Waals surface area contributed by atoms with Crippen molar-refractivity contribution < 1.29 is 13.9 Å². The molecule has 0 aromatic heterocycles. The Kier molecular flexibility index (Phi) is 6.47. The maximum atomic E-state index is 14.5. The lowest BCUT2D eigenvalue weighted by atomic mass is 9.93. The predicted molar refractivity (Wildman–Crippen MR) is 107 cm³/mol. The Morgan fingerprint density at radius 2 is 1.89 bits per heavy atom. The second-order valence-electron chi connectivity index (χ2n) is 8.59. The summed E-state index contributed by atoms with van der Waals surface area (Å²) in [7, 11) is 0. The van der Waals surface area contributed by atoms with Crippen molar-refractivity contribution in [2.24, 2.45) is 17.8 Å². The third-order valence-corrected chi connectivity index (χ3v) is 6.59. The van der Waals surface area contributed by atoms with Crippen LogP contribution < -0.4 is 15.4 Å². The van der Waals surface area contributed by atoms with E-state index in [1.807, 2.05) is 4.90 Å². The van der Waals surface area contributed by atoms with E-state index in [0.29, 0.717) is 29.8 Å². The molecule has 0 spiro atoms. The van der Waals surface area contributed by atoms with Gasteiger partial charge in [0.05, 0.1) is 13.0 Å². The molecule has 154 valence electrons. The summed E-state index contributed by atoms with van der Waals surface area (Å²) in [6.07, 6.45) is 4.79. The second-order valence-corrected chi connectivity index (χ2v) is 8.59. The lowest BCUT2D eigenvalue weighted by Gasteiger charge is -2.22. The standard InChI is InChI=1S/C22H32FN3O2/c23-21-11-20(28-9-1-2-16-5-7-24-8-6-16)4-3-17(21)10-22(27)26-14-18-12-25-13-19(18)15-26/h3-4,11,16,18-19,24-25H,1-2,5-10,12-15H2/t18-,19?/m0/s1. The van der Waals surface area contributed by atoms with Crippen molar-refractivity contribution in [2.45, 2.75) is 32.1 Å². The Morgan fingerprint density at radius 3 is 2.61 bits per heavy atom. The number of rotatable bonds is 7.